The quantitative estimate of drug-likeness (QED) is 0.786. The van der Waals surface area contributed by atoms with Crippen LogP contribution in [0.25, 0.3) is 0 Å². The van der Waals surface area contributed by atoms with Crippen molar-refractivity contribution in [1.82, 2.24) is 0 Å². The van der Waals surface area contributed by atoms with E-state index >= 15 is 0 Å². The summed E-state index contributed by atoms with van der Waals surface area (Å²) in [7, 11) is 0. The Hall–Kier alpha value is -2.17. The van der Waals surface area contributed by atoms with Gasteiger partial charge < -0.3 is 9.47 Å². The molecule has 5 heteroatoms. The molecule has 22 heavy (non-hydrogen) atoms. The van der Waals surface area contributed by atoms with Gasteiger partial charge in [-0.3, -0.25) is 0 Å². The Morgan fingerprint density at radius 2 is 2.05 bits per heavy atom. The van der Waals surface area contributed by atoms with E-state index in [4.69, 9.17) is 9.47 Å². The Morgan fingerprint density at radius 3 is 2.73 bits per heavy atom. The molecule has 0 spiro atoms. The lowest BCUT2D eigenvalue weighted by molar-refractivity contribution is -0.191. The third-order valence-electron chi connectivity index (χ3n) is 4.32. The lowest BCUT2D eigenvalue weighted by atomic mass is 9.81. The Morgan fingerprint density at radius 1 is 1.36 bits per heavy atom. The standard InChI is InChI=1S/C17H17FO4/c1-10-3-8-14-11(2)15(19)21-17(14,9-10)22-16(20)12-4-6-13(18)7-5-12/h4-7,10H,3,8-9H2,1-2H3/t10-,17+/m1/s1. The number of hydrogen-bond acceptors (Lipinski definition) is 4. The van der Waals surface area contributed by atoms with Crippen LogP contribution >= 0.6 is 0 Å². The molecule has 116 valence electrons. The smallest absolute Gasteiger partial charge is 0.341 e. The number of halogens is 1. The SMILES string of the molecule is CC1=C2CC[C@@H](C)C[C@@]2(OC(=O)c2ccc(F)cc2)OC1=O. The number of esters is 2. The van der Waals surface area contributed by atoms with Crippen molar-refractivity contribution in [2.45, 2.75) is 38.9 Å². The van der Waals surface area contributed by atoms with Crippen molar-refractivity contribution >= 4 is 11.9 Å². The fourth-order valence-electron chi connectivity index (χ4n) is 3.11. The first kappa shape index (κ1) is 14.8. The molecule has 1 aromatic carbocycles. The average Bonchev–Trinajstić information content (AvgIpc) is 2.70. The molecule has 1 aliphatic heterocycles. The largest absolute Gasteiger partial charge is 0.415 e. The molecule has 1 aliphatic carbocycles. The van der Waals surface area contributed by atoms with Crippen LogP contribution < -0.4 is 0 Å². The zero-order chi connectivity index (χ0) is 15.9. The topological polar surface area (TPSA) is 52.6 Å². The fourth-order valence-corrected chi connectivity index (χ4v) is 3.11. The maximum absolute atomic E-state index is 12.9. The number of carbonyl (C=O) groups excluding carboxylic acids is 2. The van der Waals surface area contributed by atoms with Gasteiger partial charge >= 0.3 is 11.9 Å². The van der Waals surface area contributed by atoms with E-state index in [1.54, 1.807) is 6.92 Å². The maximum atomic E-state index is 12.9. The summed E-state index contributed by atoms with van der Waals surface area (Å²) in [5.74, 6) is -2.48. The second-order valence-corrected chi connectivity index (χ2v) is 5.99. The molecular weight excluding hydrogens is 287 g/mol. The van der Waals surface area contributed by atoms with E-state index in [0.29, 0.717) is 18.4 Å². The fraction of sp³-hybridized carbons (Fsp3) is 0.412. The molecular formula is C17H17FO4. The molecule has 0 aromatic heterocycles. The molecule has 1 heterocycles. The molecule has 1 aromatic rings. The lowest BCUT2D eigenvalue weighted by Crippen LogP contribution is -2.42. The van der Waals surface area contributed by atoms with Crippen molar-refractivity contribution in [3.63, 3.8) is 0 Å². The number of benzene rings is 1. The second-order valence-electron chi connectivity index (χ2n) is 5.99. The second kappa shape index (κ2) is 5.23. The summed E-state index contributed by atoms with van der Waals surface area (Å²) in [5.41, 5.74) is 1.51. The van der Waals surface area contributed by atoms with Gasteiger partial charge in [0.05, 0.1) is 5.56 Å². The Bertz CT molecular complexity index is 662. The monoisotopic (exact) mass is 304 g/mol. The third-order valence-corrected chi connectivity index (χ3v) is 4.32. The van der Waals surface area contributed by atoms with Gasteiger partial charge in [0.25, 0.3) is 5.79 Å². The maximum Gasteiger partial charge on any atom is 0.341 e. The highest BCUT2D eigenvalue weighted by Crippen LogP contribution is 2.46. The van der Waals surface area contributed by atoms with Crippen molar-refractivity contribution < 1.29 is 23.5 Å². The van der Waals surface area contributed by atoms with Crippen LogP contribution in [0.5, 0.6) is 0 Å². The predicted molar refractivity (Wildman–Crippen MR) is 76.4 cm³/mol. The minimum atomic E-state index is -1.29. The molecule has 0 N–H and O–H groups in total. The van der Waals surface area contributed by atoms with Crippen LogP contribution in [0.15, 0.2) is 35.4 Å². The molecule has 0 unspecified atom stereocenters. The van der Waals surface area contributed by atoms with E-state index in [2.05, 4.69) is 0 Å². The van der Waals surface area contributed by atoms with Gasteiger partial charge in [-0.15, -0.1) is 0 Å². The molecule has 0 amide bonds. The minimum absolute atomic E-state index is 0.231. The van der Waals surface area contributed by atoms with Gasteiger partial charge in [-0.05, 0) is 49.9 Å². The summed E-state index contributed by atoms with van der Waals surface area (Å²) >= 11 is 0. The summed E-state index contributed by atoms with van der Waals surface area (Å²) < 4.78 is 23.9. The van der Waals surface area contributed by atoms with Crippen molar-refractivity contribution in [3.05, 3.63) is 46.8 Å². The van der Waals surface area contributed by atoms with E-state index in [0.717, 1.165) is 12.0 Å². The molecule has 0 saturated heterocycles. The zero-order valence-electron chi connectivity index (χ0n) is 12.5. The van der Waals surface area contributed by atoms with Crippen LogP contribution in [-0.2, 0) is 14.3 Å². The van der Waals surface area contributed by atoms with Crippen molar-refractivity contribution in [1.29, 1.82) is 0 Å². The van der Waals surface area contributed by atoms with Crippen molar-refractivity contribution in [2.24, 2.45) is 5.92 Å². The molecule has 1 fully saturated rings. The van der Waals surface area contributed by atoms with Gasteiger partial charge in [0, 0.05) is 17.6 Å². The van der Waals surface area contributed by atoms with Crippen LogP contribution in [0.2, 0.25) is 0 Å². The number of hydrogen-bond donors (Lipinski definition) is 0. The lowest BCUT2D eigenvalue weighted by Gasteiger charge is -2.36. The van der Waals surface area contributed by atoms with E-state index in [1.807, 2.05) is 6.92 Å². The molecule has 4 nitrogen and oxygen atoms in total. The molecule has 3 rings (SSSR count). The molecule has 0 radical (unpaired) electrons. The van der Waals surface area contributed by atoms with Crippen LogP contribution in [0, 0.1) is 11.7 Å². The van der Waals surface area contributed by atoms with Crippen molar-refractivity contribution in [2.75, 3.05) is 0 Å². The summed E-state index contributed by atoms with van der Waals surface area (Å²) in [6, 6.07) is 5.10. The normalized spacial score (nSPS) is 27.4. The van der Waals surface area contributed by atoms with E-state index in [1.165, 1.54) is 24.3 Å². The van der Waals surface area contributed by atoms with E-state index in [-0.39, 0.29) is 11.5 Å². The third kappa shape index (κ3) is 2.40. The summed E-state index contributed by atoms with van der Waals surface area (Å²) in [6.07, 6.45) is 2.06. The number of carbonyl (C=O) groups is 2. The number of fused-ring (bicyclic) bond motifs is 1. The first-order chi connectivity index (χ1) is 10.4. The van der Waals surface area contributed by atoms with Gasteiger partial charge in [-0.2, -0.15) is 0 Å². The van der Waals surface area contributed by atoms with E-state index < -0.39 is 23.5 Å². The predicted octanol–water partition coefficient (Wildman–Crippen LogP) is 3.37. The van der Waals surface area contributed by atoms with Crippen LogP contribution in [0.4, 0.5) is 4.39 Å². The zero-order valence-corrected chi connectivity index (χ0v) is 12.5. The van der Waals surface area contributed by atoms with Gasteiger partial charge in [0.2, 0.25) is 0 Å². The molecule has 1 saturated carbocycles. The average molecular weight is 304 g/mol. The number of rotatable bonds is 2. The summed E-state index contributed by atoms with van der Waals surface area (Å²) in [4.78, 5) is 24.2. The summed E-state index contributed by atoms with van der Waals surface area (Å²) in [5, 5.41) is 0. The van der Waals surface area contributed by atoms with Gasteiger partial charge in [0.1, 0.15) is 5.82 Å². The highest BCUT2D eigenvalue weighted by atomic mass is 19.1. The number of ether oxygens (including phenoxy) is 2. The Balaban J connectivity index is 1.89. The molecule has 2 aliphatic rings. The van der Waals surface area contributed by atoms with Gasteiger partial charge in [0.15, 0.2) is 0 Å². The van der Waals surface area contributed by atoms with Gasteiger partial charge in [-0.1, -0.05) is 6.92 Å². The highest BCUT2D eigenvalue weighted by molar-refractivity contribution is 5.94. The van der Waals surface area contributed by atoms with Gasteiger partial charge in [-0.25, -0.2) is 14.0 Å². The molecule has 2 atom stereocenters. The highest BCUT2D eigenvalue weighted by Gasteiger charge is 2.52. The van der Waals surface area contributed by atoms with Crippen molar-refractivity contribution in [3.8, 4) is 0 Å². The Kier molecular flexibility index (Phi) is 3.51. The first-order valence-electron chi connectivity index (χ1n) is 7.34. The van der Waals surface area contributed by atoms with E-state index in [9.17, 15) is 14.0 Å². The Labute approximate surface area is 127 Å². The first-order valence-corrected chi connectivity index (χ1v) is 7.34. The van der Waals surface area contributed by atoms with Crippen LogP contribution in [0.3, 0.4) is 0 Å². The van der Waals surface area contributed by atoms with Crippen LogP contribution in [0.1, 0.15) is 43.5 Å². The molecule has 0 bridgehead atoms. The van der Waals surface area contributed by atoms with Crippen LogP contribution in [-0.4, -0.2) is 17.7 Å². The minimum Gasteiger partial charge on any atom is -0.415 e. The summed E-state index contributed by atoms with van der Waals surface area (Å²) in [6.45, 7) is 3.73.